The Morgan fingerprint density at radius 3 is 2.85 bits per heavy atom. The highest BCUT2D eigenvalue weighted by Gasteiger charge is 2.58. The van der Waals surface area contributed by atoms with E-state index in [0.29, 0.717) is 0 Å². The molecule has 0 unspecified atom stereocenters. The van der Waals surface area contributed by atoms with E-state index in [1.165, 1.54) is 0 Å². The topological polar surface area (TPSA) is 31.0 Å². The van der Waals surface area contributed by atoms with Crippen molar-refractivity contribution in [1.29, 1.82) is 0 Å². The average Bonchev–Trinajstić information content (AvgIpc) is 2.68. The zero-order chi connectivity index (χ0) is 9.22. The molecular weight excluding hydrogens is 236 g/mol. The molecule has 3 nitrogen and oxygen atoms in total. The van der Waals surface area contributed by atoms with E-state index in [-0.39, 0.29) is 24.4 Å². The van der Waals surface area contributed by atoms with Gasteiger partial charge in [0.1, 0.15) is 24.4 Å². The van der Waals surface area contributed by atoms with Crippen LogP contribution in [-0.4, -0.2) is 30.2 Å². The van der Waals surface area contributed by atoms with Gasteiger partial charge < -0.3 is 14.2 Å². The van der Waals surface area contributed by atoms with Crippen LogP contribution in [0.15, 0.2) is 10.6 Å². The molecule has 0 saturated carbocycles. The second kappa shape index (κ2) is 2.37. The minimum absolute atomic E-state index is 0.0266. The van der Waals surface area contributed by atoms with Crippen molar-refractivity contribution < 1.29 is 14.2 Å². The predicted molar refractivity (Wildman–Crippen MR) is 49.5 cm³/mol. The van der Waals surface area contributed by atoms with Gasteiger partial charge in [-0.3, -0.25) is 0 Å². The van der Waals surface area contributed by atoms with Crippen LogP contribution >= 0.6 is 15.9 Å². The van der Waals surface area contributed by atoms with Crippen molar-refractivity contribution in [2.45, 2.75) is 44.1 Å². The molecule has 2 aliphatic heterocycles. The summed E-state index contributed by atoms with van der Waals surface area (Å²) in [5, 5.41) is 0. The zero-order valence-electron chi connectivity index (χ0n) is 7.49. The summed E-state index contributed by atoms with van der Waals surface area (Å²) in [6.07, 6.45) is 2.62. The van der Waals surface area contributed by atoms with Gasteiger partial charge in [0, 0.05) is 4.48 Å². The maximum atomic E-state index is 5.76. The van der Waals surface area contributed by atoms with E-state index in [4.69, 9.17) is 14.2 Å². The maximum Gasteiger partial charge on any atom is 0.164 e. The second-order valence-corrected chi connectivity index (χ2v) is 5.05. The summed E-state index contributed by atoms with van der Waals surface area (Å²) >= 11 is 3.49. The van der Waals surface area contributed by atoms with Crippen molar-refractivity contribution in [3.8, 4) is 0 Å². The molecule has 2 fully saturated rings. The quantitative estimate of drug-likeness (QED) is 0.609. The molecule has 72 valence electrons. The largest absolute Gasteiger partial charge is 0.362 e. The molecule has 0 aromatic heterocycles. The Morgan fingerprint density at radius 1 is 1.31 bits per heavy atom. The second-order valence-electron chi connectivity index (χ2n) is 4.14. The van der Waals surface area contributed by atoms with E-state index < -0.39 is 5.79 Å². The summed E-state index contributed by atoms with van der Waals surface area (Å²) < 4.78 is 18.0. The Kier molecular flexibility index (Phi) is 1.53. The van der Waals surface area contributed by atoms with Crippen molar-refractivity contribution in [3.05, 3.63) is 10.6 Å². The number of hydrogen-bond acceptors (Lipinski definition) is 3. The molecule has 0 amide bonds. The molecule has 13 heavy (non-hydrogen) atoms. The van der Waals surface area contributed by atoms with Crippen LogP contribution in [0.5, 0.6) is 0 Å². The van der Waals surface area contributed by atoms with Gasteiger partial charge in [-0.05, 0) is 19.9 Å². The highest BCUT2D eigenvalue weighted by molar-refractivity contribution is 9.11. The summed E-state index contributed by atoms with van der Waals surface area (Å²) in [5.41, 5.74) is 0. The Labute approximate surface area is 85.2 Å². The average molecular weight is 247 g/mol. The summed E-state index contributed by atoms with van der Waals surface area (Å²) in [7, 11) is 0. The van der Waals surface area contributed by atoms with Crippen LogP contribution in [0.1, 0.15) is 13.8 Å². The number of rotatable bonds is 0. The lowest BCUT2D eigenvalue weighted by molar-refractivity contribution is -0.144. The molecule has 0 radical (unpaired) electrons. The van der Waals surface area contributed by atoms with Crippen LogP contribution in [0.3, 0.4) is 0 Å². The molecule has 0 bridgehead atoms. The number of epoxide rings is 1. The number of hydrogen-bond donors (Lipinski definition) is 0. The molecule has 3 aliphatic rings. The van der Waals surface area contributed by atoms with Crippen molar-refractivity contribution in [2.75, 3.05) is 0 Å². The van der Waals surface area contributed by atoms with E-state index in [1.807, 2.05) is 13.8 Å². The van der Waals surface area contributed by atoms with Gasteiger partial charge in [0.2, 0.25) is 0 Å². The molecule has 4 atom stereocenters. The van der Waals surface area contributed by atoms with E-state index >= 15 is 0 Å². The fraction of sp³-hybridized carbons (Fsp3) is 0.778. The Hall–Kier alpha value is 0.1000. The standard InChI is InChI=1S/C9H11BrO3/c1-9(2)12-6-4(10)3-5-7(11-5)8(6)13-9/h3,5-8H,1-2H3/t5-,6+,7-,8+/m0/s1. The van der Waals surface area contributed by atoms with E-state index in [1.54, 1.807) is 0 Å². The fourth-order valence-corrected chi connectivity index (χ4v) is 2.64. The van der Waals surface area contributed by atoms with Crippen molar-refractivity contribution >= 4 is 15.9 Å². The Morgan fingerprint density at radius 2 is 2.08 bits per heavy atom. The van der Waals surface area contributed by atoms with Crippen LogP contribution < -0.4 is 0 Å². The molecule has 3 rings (SSSR count). The summed E-state index contributed by atoms with van der Waals surface area (Å²) in [6, 6.07) is 0. The van der Waals surface area contributed by atoms with Crippen molar-refractivity contribution in [3.63, 3.8) is 0 Å². The lowest BCUT2D eigenvalue weighted by atomic mass is 10.0. The number of ether oxygens (including phenoxy) is 3. The van der Waals surface area contributed by atoms with Crippen LogP contribution in [0.4, 0.5) is 0 Å². The molecule has 2 saturated heterocycles. The Bertz CT molecular complexity index is 287. The highest BCUT2D eigenvalue weighted by Crippen LogP contribution is 2.46. The third-order valence-electron chi connectivity index (χ3n) is 2.61. The molecule has 0 aromatic carbocycles. The smallest absolute Gasteiger partial charge is 0.164 e. The van der Waals surface area contributed by atoms with Gasteiger partial charge in [-0.1, -0.05) is 15.9 Å². The van der Waals surface area contributed by atoms with E-state index in [2.05, 4.69) is 22.0 Å². The third-order valence-corrected chi connectivity index (χ3v) is 3.33. The lowest BCUT2D eigenvalue weighted by Crippen LogP contribution is -2.32. The maximum absolute atomic E-state index is 5.76. The molecule has 0 spiro atoms. The molecule has 4 heteroatoms. The van der Waals surface area contributed by atoms with E-state index in [9.17, 15) is 0 Å². The zero-order valence-corrected chi connectivity index (χ0v) is 9.08. The predicted octanol–water partition coefficient (Wildman–Crippen LogP) is 1.57. The SMILES string of the molecule is CC1(C)O[C@H]2[C@H]3O[C@H]3C=C(Br)[C@H]2O1. The summed E-state index contributed by atoms with van der Waals surface area (Å²) in [6.45, 7) is 3.87. The van der Waals surface area contributed by atoms with Crippen LogP contribution in [-0.2, 0) is 14.2 Å². The minimum atomic E-state index is -0.483. The van der Waals surface area contributed by atoms with Crippen LogP contribution in [0, 0.1) is 0 Å². The normalized spacial score (nSPS) is 50.8. The molecule has 0 N–H and O–H groups in total. The van der Waals surface area contributed by atoms with Gasteiger partial charge in [-0.15, -0.1) is 0 Å². The van der Waals surface area contributed by atoms with Crippen LogP contribution in [0.2, 0.25) is 0 Å². The van der Waals surface area contributed by atoms with E-state index in [0.717, 1.165) is 4.48 Å². The summed E-state index contributed by atoms with van der Waals surface area (Å²) in [4.78, 5) is 0. The minimum Gasteiger partial charge on any atom is -0.362 e. The first-order valence-corrected chi connectivity index (χ1v) is 5.24. The number of fused-ring (bicyclic) bond motifs is 3. The first-order valence-electron chi connectivity index (χ1n) is 4.45. The molecular formula is C9H11BrO3. The van der Waals surface area contributed by atoms with Crippen molar-refractivity contribution in [1.82, 2.24) is 0 Å². The third kappa shape index (κ3) is 1.20. The van der Waals surface area contributed by atoms with Gasteiger partial charge >= 0.3 is 0 Å². The monoisotopic (exact) mass is 246 g/mol. The van der Waals surface area contributed by atoms with Crippen LogP contribution in [0.25, 0.3) is 0 Å². The fourth-order valence-electron chi connectivity index (χ4n) is 2.03. The van der Waals surface area contributed by atoms with Gasteiger partial charge in [0.15, 0.2) is 5.79 Å². The molecule has 2 heterocycles. The first kappa shape index (κ1) is 8.41. The van der Waals surface area contributed by atoms with Gasteiger partial charge in [-0.25, -0.2) is 0 Å². The Balaban J connectivity index is 1.93. The first-order chi connectivity index (χ1) is 6.07. The van der Waals surface area contributed by atoms with Gasteiger partial charge in [0.25, 0.3) is 0 Å². The van der Waals surface area contributed by atoms with Crippen molar-refractivity contribution in [2.24, 2.45) is 0 Å². The highest BCUT2D eigenvalue weighted by atomic mass is 79.9. The number of halogens is 1. The lowest BCUT2D eigenvalue weighted by Gasteiger charge is -2.17. The van der Waals surface area contributed by atoms with Gasteiger partial charge in [-0.2, -0.15) is 0 Å². The molecule has 1 aliphatic carbocycles. The van der Waals surface area contributed by atoms with Gasteiger partial charge in [0.05, 0.1) is 0 Å². The molecule has 0 aromatic rings. The summed E-state index contributed by atoms with van der Waals surface area (Å²) in [5.74, 6) is -0.483.